The highest BCUT2D eigenvalue weighted by Crippen LogP contribution is 2.28. The molecule has 1 amide bonds. The first kappa shape index (κ1) is 12.5. The summed E-state index contributed by atoms with van der Waals surface area (Å²) in [4.78, 5) is 14.1. The molecule has 2 N–H and O–H groups in total. The zero-order valence-corrected chi connectivity index (χ0v) is 10.2. The molecule has 0 bridgehead atoms. The van der Waals surface area contributed by atoms with Gasteiger partial charge in [0.2, 0.25) is 5.91 Å². The van der Waals surface area contributed by atoms with Gasteiger partial charge in [-0.15, -0.1) is 0 Å². The molecule has 1 aliphatic rings. The van der Waals surface area contributed by atoms with Crippen LogP contribution in [-0.2, 0) is 4.79 Å². The Bertz CT molecular complexity index is 212. The molecule has 0 spiro atoms. The lowest BCUT2D eigenvalue weighted by molar-refractivity contribution is -0.134. The number of nitrogens with two attached hydrogens (primary N) is 1. The van der Waals surface area contributed by atoms with Gasteiger partial charge in [0.15, 0.2) is 0 Å². The van der Waals surface area contributed by atoms with Crippen LogP contribution in [0.2, 0.25) is 0 Å². The molecule has 0 aromatic heterocycles. The SMILES string of the molecule is CCCCN(C(=O)C(N)C(C)C)C1CC1. The number of amides is 1. The molecule has 1 atom stereocenters. The molecule has 0 heterocycles. The number of nitrogens with zero attached hydrogens (tertiary/aromatic N) is 1. The molecular weight excluding hydrogens is 188 g/mol. The van der Waals surface area contributed by atoms with E-state index in [9.17, 15) is 4.79 Å². The average molecular weight is 212 g/mol. The average Bonchev–Trinajstić information content (AvgIpc) is 3.00. The first-order chi connectivity index (χ1) is 7.07. The van der Waals surface area contributed by atoms with Gasteiger partial charge >= 0.3 is 0 Å². The highest BCUT2D eigenvalue weighted by molar-refractivity contribution is 5.82. The van der Waals surface area contributed by atoms with E-state index in [4.69, 9.17) is 5.73 Å². The van der Waals surface area contributed by atoms with Crippen LogP contribution in [0.1, 0.15) is 46.5 Å². The van der Waals surface area contributed by atoms with E-state index in [-0.39, 0.29) is 17.9 Å². The predicted molar refractivity (Wildman–Crippen MR) is 62.5 cm³/mol. The Morgan fingerprint density at radius 3 is 2.47 bits per heavy atom. The molecule has 0 aromatic rings. The lowest BCUT2D eigenvalue weighted by Gasteiger charge is -2.27. The van der Waals surface area contributed by atoms with E-state index < -0.39 is 0 Å². The lowest BCUT2D eigenvalue weighted by atomic mass is 10.0. The Morgan fingerprint density at radius 2 is 2.07 bits per heavy atom. The molecule has 1 fully saturated rings. The van der Waals surface area contributed by atoms with Crippen LogP contribution < -0.4 is 5.73 Å². The quantitative estimate of drug-likeness (QED) is 0.729. The molecule has 1 aliphatic carbocycles. The van der Waals surface area contributed by atoms with Gasteiger partial charge in [-0.3, -0.25) is 4.79 Å². The van der Waals surface area contributed by atoms with Crippen molar-refractivity contribution in [2.75, 3.05) is 6.54 Å². The normalized spacial score (nSPS) is 17.9. The van der Waals surface area contributed by atoms with Crippen molar-refractivity contribution in [2.24, 2.45) is 11.7 Å². The Balaban J connectivity index is 2.50. The third kappa shape index (κ3) is 3.49. The molecule has 1 saturated carbocycles. The van der Waals surface area contributed by atoms with Gasteiger partial charge in [-0.25, -0.2) is 0 Å². The fourth-order valence-electron chi connectivity index (χ4n) is 1.66. The van der Waals surface area contributed by atoms with E-state index >= 15 is 0 Å². The maximum absolute atomic E-state index is 12.1. The standard InChI is InChI=1S/C12H24N2O/c1-4-5-8-14(10-6-7-10)12(15)11(13)9(2)3/h9-11H,4-8,13H2,1-3H3. The number of rotatable bonds is 6. The first-order valence-electron chi connectivity index (χ1n) is 6.14. The predicted octanol–water partition coefficient (Wildman–Crippen LogP) is 1.76. The molecular formula is C12H24N2O. The summed E-state index contributed by atoms with van der Waals surface area (Å²) >= 11 is 0. The molecule has 1 rings (SSSR count). The van der Waals surface area contributed by atoms with Crippen LogP contribution in [0.4, 0.5) is 0 Å². The van der Waals surface area contributed by atoms with Crippen LogP contribution in [0, 0.1) is 5.92 Å². The summed E-state index contributed by atoms with van der Waals surface area (Å²) in [5.74, 6) is 0.390. The van der Waals surface area contributed by atoms with Crippen LogP contribution in [0.25, 0.3) is 0 Å². The van der Waals surface area contributed by atoms with Gasteiger partial charge < -0.3 is 10.6 Å². The number of carbonyl (C=O) groups is 1. The van der Waals surface area contributed by atoms with Crippen molar-refractivity contribution in [3.8, 4) is 0 Å². The van der Waals surface area contributed by atoms with E-state index in [1.165, 1.54) is 12.8 Å². The molecule has 0 aliphatic heterocycles. The summed E-state index contributed by atoms with van der Waals surface area (Å²) in [5, 5.41) is 0. The van der Waals surface area contributed by atoms with Crippen molar-refractivity contribution in [1.82, 2.24) is 4.90 Å². The molecule has 0 aromatic carbocycles. The molecule has 0 saturated heterocycles. The Kier molecular flexibility index (Phi) is 4.58. The summed E-state index contributed by atoms with van der Waals surface area (Å²) in [6, 6.07) is 0.177. The van der Waals surface area contributed by atoms with E-state index in [0.29, 0.717) is 6.04 Å². The smallest absolute Gasteiger partial charge is 0.239 e. The van der Waals surface area contributed by atoms with E-state index in [1.54, 1.807) is 0 Å². The minimum absolute atomic E-state index is 0.154. The van der Waals surface area contributed by atoms with Crippen molar-refractivity contribution in [2.45, 2.75) is 58.5 Å². The van der Waals surface area contributed by atoms with Crippen LogP contribution in [0.5, 0.6) is 0 Å². The summed E-state index contributed by atoms with van der Waals surface area (Å²) in [7, 11) is 0. The maximum Gasteiger partial charge on any atom is 0.239 e. The van der Waals surface area contributed by atoms with Crippen LogP contribution in [0.15, 0.2) is 0 Å². The molecule has 15 heavy (non-hydrogen) atoms. The second-order valence-corrected chi connectivity index (χ2v) is 4.89. The largest absolute Gasteiger partial charge is 0.338 e. The van der Waals surface area contributed by atoms with Crippen molar-refractivity contribution >= 4 is 5.91 Å². The van der Waals surface area contributed by atoms with Crippen molar-refractivity contribution < 1.29 is 4.79 Å². The molecule has 88 valence electrons. The van der Waals surface area contributed by atoms with Gasteiger partial charge in [0.1, 0.15) is 0 Å². The minimum Gasteiger partial charge on any atom is -0.338 e. The fraction of sp³-hybridized carbons (Fsp3) is 0.917. The second-order valence-electron chi connectivity index (χ2n) is 4.89. The van der Waals surface area contributed by atoms with E-state index in [0.717, 1.165) is 19.4 Å². The summed E-state index contributed by atoms with van der Waals surface area (Å²) < 4.78 is 0. The van der Waals surface area contributed by atoms with Crippen LogP contribution in [-0.4, -0.2) is 29.4 Å². The number of carbonyl (C=O) groups excluding carboxylic acids is 1. The highest BCUT2D eigenvalue weighted by atomic mass is 16.2. The van der Waals surface area contributed by atoms with Gasteiger partial charge in [0.25, 0.3) is 0 Å². The topological polar surface area (TPSA) is 46.3 Å². The van der Waals surface area contributed by atoms with Gasteiger partial charge in [-0.05, 0) is 25.2 Å². The minimum atomic E-state index is -0.317. The Morgan fingerprint density at radius 1 is 1.47 bits per heavy atom. The summed E-state index contributed by atoms with van der Waals surface area (Å²) in [6.45, 7) is 7.05. The highest BCUT2D eigenvalue weighted by Gasteiger charge is 2.34. The zero-order valence-electron chi connectivity index (χ0n) is 10.2. The van der Waals surface area contributed by atoms with Gasteiger partial charge in [-0.1, -0.05) is 27.2 Å². The van der Waals surface area contributed by atoms with Crippen molar-refractivity contribution in [3.63, 3.8) is 0 Å². The molecule has 0 radical (unpaired) electrons. The number of hydrogen-bond acceptors (Lipinski definition) is 2. The summed E-state index contributed by atoms with van der Waals surface area (Å²) in [5.41, 5.74) is 5.91. The van der Waals surface area contributed by atoms with Crippen molar-refractivity contribution in [3.05, 3.63) is 0 Å². The monoisotopic (exact) mass is 212 g/mol. The Hall–Kier alpha value is -0.570. The molecule has 1 unspecified atom stereocenters. The van der Waals surface area contributed by atoms with Crippen LogP contribution >= 0.6 is 0 Å². The zero-order chi connectivity index (χ0) is 11.4. The van der Waals surface area contributed by atoms with E-state index in [1.807, 2.05) is 18.7 Å². The molecule has 3 nitrogen and oxygen atoms in total. The Labute approximate surface area is 93.0 Å². The van der Waals surface area contributed by atoms with Gasteiger partial charge in [0.05, 0.1) is 6.04 Å². The second kappa shape index (κ2) is 5.50. The fourth-order valence-corrected chi connectivity index (χ4v) is 1.66. The number of hydrogen-bond donors (Lipinski definition) is 1. The molecule has 3 heteroatoms. The lowest BCUT2D eigenvalue weighted by Crippen LogP contribution is -2.47. The third-order valence-corrected chi connectivity index (χ3v) is 3.03. The van der Waals surface area contributed by atoms with E-state index in [2.05, 4.69) is 6.92 Å². The maximum atomic E-state index is 12.1. The third-order valence-electron chi connectivity index (χ3n) is 3.03. The van der Waals surface area contributed by atoms with Crippen LogP contribution in [0.3, 0.4) is 0 Å². The number of unbranched alkanes of at least 4 members (excludes halogenated alkanes) is 1. The van der Waals surface area contributed by atoms with Gasteiger partial charge in [0, 0.05) is 12.6 Å². The van der Waals surface area contributed by atoms with Crippen molar-refractivity contribution in [1.29, 1.82) is 0 Å². The van der Waals surface area contributed by atoms with Gasteiger partial charge in [-0.2, -0.15) is 0 Å². The summed E-state index contributed by atoms with van der Waals surface area (Å²) in [6.07, 6.45) is 4.56. The first-order valence-corrected chi connectivity index (χ1v) is 6.14.